The highest BCUT2D eigenvalue weighted by Crippen LogP contribution is 2.20. The van der Waals surface area contributed by atoms with E-state index in [9.17, 15) is 4.39 Å². The Balaban J connectivity index is 1.98. The van der Waals surface area contributed by atoms with Gasteiger partial charge in [0, 0.05) is 12.6 Å². The van der Waals surface area contributed by atoms with Crippen molar-refractivity contribution in [1.29, 1.82) is 0 Å². The zero-order chi connectivity index (χ0) is 9.26. The lowest BCUT2D eigenvalue weighted by molar-refractivity contribution is 0.613. The third-order valence-electron chi connectivity index (χ3n) is 2.16. The minimum absolute atomic E-state index is 0.185. The first-order valence-corrected chi connectivity index (χ1v) is 5.22. The lowest BCUT2D eigenvalue weighted by Crippen LogP contribution is -2.15. The average Bonchev–Trinajstić information content (AvgIpc) is 2.91. The smallest absolute Gasteiger partial charge is 0.137 e. The van der Waals surface area contributed by atoms with Crippen molar-refractivity contribution in [3.63, 3.8) is 0 Å². The summed E-state index contributed by atoms with van der Waals surface area (Å²) in [5.41, 5.74) is 1.01. The number of rotatable bonds is 3. The highest BCUT2D eigenvalue weighted by atomic mass is 79.9. The summed E-state index contributed by atoms with van der Waals surface area (Å²) in [5, 5.41) is 3.34. The van der Waals surface area contributed by atoms with Gasteiger partial charge < -0.3 is 5.32 Å². The maximum absolute atomic E-state index is 13.0. The molecule has 0 aliphatic heterocycles. The van der Waals surface area contributed by atoms with Crippen LogP contribution in [0.15, 0.2) is 22.7 Å². The van der Waals surface area contributed by atoms with Gasteiger partial charge in [-0.15, -0.1) is 0 Å². The van der Waals surface area contributed by atoms with E-state index in [-0.39, 0.29) is 5.82 Å². The predicted molar refractivity (Wildman–Crippen MR) is 54.0 cm³/mol. The van der Waals surface area contributed by atoms with Crippen LogP contribution in [0.4, 0.5) is 4.39 Å². The Kier molecular flexibility index (Phi) is 2.65. The molecule has 1 N–H and O–H groups in total. The molecule has 0 aromatic heterocycles. The molecule has 1 aromatic rings. The van der Waals surface area contributed by atoms with E-state index in [2.05, 4.69) is 21.2 Å². The van der Waals surface area contributed by atoms with Crippen LogP contribution >= 0.6 is 15.9 Å². The Morgan fingerprint density at radius 1 is 1.46 bits per heavy atom. The first-order chi connectivity index (χ1) is 6.25. The van der Waals surface area contributed by atoms with Gasteiger partial charge in [-0.2, -0.15) is 0 Å². The molecule has 2 rings (SSSR count). The van der Waals surface area contributed by atoms with Crippen molar-refractivity contribution in [2.45, 2.75) is 25.4 Å². The fourth-order valence-corrected chi connectivity index (χ4v) is 1.45. The van der Waals surface area contributed by atoms with Crippen LogP contribution in [0.3, 0.4) is 0 Å². The molecule has 1 fully saturated rings. The fraction of sp³-hybridized carbons (Fsp3) is 0.400. The molecule has 0 heterocycles. The third kappa shape index (κ3) is 2.51. The molecule has 0 bridgehead atoms. The van der Waals surface area contributed by atoms with Gasteiger partial charge >= 0.3 is 0 Å². The molecule has 1 aromatic carbocycles. The van der Waals surface area contributed by atoms with E-state index in [0.29, 0.717) is 10.5 Å². The molecule has 0 unspecified atom stereocenters. The molecule has 13 heavy (non-hydrogen) atoms. The highest BCUT2D eigenvalue weighted by molar-refractivity contribution is 9.10. The minimum Gasteiger partial charge on any atom is -0.310 e. The van der Waals surface area contributed by atoms with Gasteiger partial charge in [-0.05, 0) is 46.5 Å². The van der Waals surface area contributed by atoms with Crippen LogP contribution in [0.25, 0.3) is 0 Å². The lowest BCUT2D eigenvalue weighted by atomic mass is 10.2. The molecular formula is C10H11BrFN. The standard InChI is InChI=1S/C10H11BrFN/c11-9-4-1-7(5-10(9)12)6-13-8-2-3-8/h1,4-5,8,13H,2-3,6H2. The van der Waals surface area contributed by atoms with Gasteiger partial charge in [0.2, 0.25) is 0 Å². The molecule has 0 saturated heterocycles. The SMILES string of the molecule is Fc1cc(CNC2CC2)ccc1Br. The molecule has 1 aliphatic carbocycles. The molecule has 1 nitrogen and oxygen atoms in total. The molecule has 1 saturated carbocycles. The molecule has 1 aliphatic rings. The summed E-state index contributed by atoms with van der Waals surface area (Å²) >= 11 is 3.13. The Morgan fingerprint density at radius 3 is 2.85 bits per heavy atom. The van der Waals surface area contributed by atoms with Crippen molar-refractivity contribution in [2.24, 2.45) is 0 Å². The Morgan fingerprint density at radius 2 is 2.23 bits per heavy atom. The fourth-order valence-electron chi connectivity index (χ4n) is 1.20. The maximum atomic E-state index is 13.0. The zero-order valence-corrected chi connectivity index (χ0v) is 8.77. The van der Waals surface area contributed by atoms with Crippen LogP contribution in [0.1, 0.15) is 18.4 Å². The topological polar surface area (TPSA) is 12.0 Å². The Bertz CT molecular complexity index is 310. The van der Waals surface area contributed by atoms with Crippen molar-refractivity contribution >= 4 is 15.9 Å². The van der Waals surface area contributed by atoms with Gasteiger partial charge in [-0.1, -0.05) is 6.07 Å². The van der Waals surface area contributed by atoms with Gasteiger partial charge in [-0.3, -0.25) is 0 Å². The summed E-state index contributed by atoms with van der Waals surface area (Å²) in [4.78, 5) is 0. The number of benzene rings is 1. The molecular weight excluding hydrogens is 233 g/mol. The Labute approximate surface area is 85.5 Å². The summed E-state index contributed by atoms with van der Waals surface area (Å²) in [6, 6.07) is 5.92. The summed E-state index contributed by atoms with van der Waals surface area (Å²) in [6.45, 7) is 0.773. The largest absolute Gasteiger partial charge is 0.310 e. The molecule has 0 radical (unpaired) electrons. The van der Waals surface area contributed by atoms with Crippen LogP contribution in [0, 0.1) is 5.82 Å². The van der Waals surface area contributed by atoms with Gasteiger partial charge in [-0.25, -0.2) is 4.39 Å². The van der Waals surface area contributed by atoms with E-state index in [1.165, 1.54) is 12.8 Å². The van der Waals surface area contributed by atoms with E-state index < -0.39 is 0 Å². The maximum Gasteiger partial charge on any atom is 0.137 e. The molecule has 0 amide bonds. The predicted octanol–water partition coefficient (Wildman–Crippen LogP) is 2.84. The van der Waals surface area contributed by atoms with Gasteiger partial charge in [0.15, 0.2) is 0 Å². The lowest BCUT2D eigenvalue weighted by Gasteiger charge is -2.03. The second-order valence-electron chi connectivity index (χ2n) is 3.40. The number of halogens is 2. The number of nitrogens with one attached hydrogen (secondary N) is 1. The first-order valence-electron chi connectivity index (χ1n) is 4.43. The normalized spacial score (nSPS) is 16.2. The van der Waals surface area contributed by atoms with Crippen LogP contribution in [0.2, 0.25) is 0 Å². The van der Waals surface area contributed by atoms with Gasteiger partial charge in [0.05, 0.1) is 4.47 Å². The van der Waals surface area contributed by atoms with Gasteiger partial charge in [0.1, 0.15) is 5.82 Å². The molecule has 0 spiro atoms. The van der Waals surface area contributed by atoms with Crippen molar-refractivity contribution in [3.8, 4) is 0 Å². The van der Waals surface area contributed by atoms with E-state index in [4.69, 9.17) is 0 Å². The quantitative estimate of drug-likeness (QED) is 0.862. The second-order valence-corrected chi connectivity index (χ2v) is 4.26. The second kappa shape index (κ2) is 3.76. The van der Waals surface area contributed by atoms with Crippen molar-refractivity contribution < 1.29 is 4.39 Å². The number of hydrogen-bond donors (Lipinski definition) is 1. The van der Waals surface area contributed by atoms with Gasteiger partial charge in [0.25, 0.3) is 0 Å². The average molecular weight is 244 g/mol. The van der Waals surface area contributed by atoms with E-state index in [1.807, 2.05) is 6.07 Å². The highest BCUT2D eigenvalue weighted by Gasteiger charge is 2.19. The molecule has 0 atom stereocenters. The number of hydrogen-bond acceptors (Lipinski definition) is 1. The van der Waals surface area contributed by atoms with Crippen molar-refractivity contribution in [2.75, 3.05) is 0 Å². The zero-order valence-electron chi connectivity index (χ0n) is 7.19. The molecule has 3 heteroatoms. The van der Waals surface area contributed by atoms with Crippen LogP contribution < -0.4 is 5.32 Å². The monoisotopic (exact) mass is 243 g/mol. The van der Waals surface area contributed by atoms with Crippen LogP contribution in [-0.2, 0) is 6.54 Å². The van der Waals surface area contributed by atoms with Crippen LogP contribution in [0.5, 0.6) is 0 Å². The summed E-state index contributed by atoms with van der Waals surface area (Å²) in [5.74, 6) is -0.185. The van der Waals surface area contributed by atoms with E-state index in [1.54, 1.807) is 12.1 Å². The summed E-state index contributed by atoms with van der Waals surface area (Å²) in [7, 11) is 0. The summed E-state index contributed by atoms with van der Waals surface area (Å²) in [6.07, 6.45) is 2.53. The van der Waals surface area contributed by atoms with Crippen molar-refractivity contribution in [1.82, 2.24) is 5.32 Å². The van der Waals surface area contributed by atoms with E-state index >= 15 is 0 Å². The third-order valence-corrected chi connectivity index (χ3v) is 2.80. The molecule has 70 valence electrons. The Hall–Kier alpha value is -0.410. The minimum atomic E-state index is -0.185. The van der Waals surface area contributed by atoms with Crippen LogP contribution in [-0.4, -0.2) is 6.04 Å². The first kappa shape index (κ1) is 9.16. The van der Waals surface area contributed by atoms with E-state index in [0.717, 1.165) is 12.1 Å². The summed E-state index contributed by atoms with van der Waals surface area (Å²) < 4.78 is 13.6. The van der Waals surface area contributed by atoms with Crippen molar-refractivity contribution in [3.05, 3.63) is 34.1 Å².